The van der Waals surface area contributed by atoms with Crippen LogP contribution in [0.1, 0.15) is 15.9 Å². The maximum absolute atomic E-state index is 13.4. The Morgan fingerprint density at radius 1 is 1.53 bits per heavy atom. The molecule has 1 aromatic carbocycles. The number of nitrogens with two attached hydrogens (primary N) is 1. The largest absolute Gasteiger partial charge is 0.399 e. The molecule has 6 heteroatoms. The summed E-state index contributed by atoms with van der Waals surface area (Å²) in [6.45, 7) is 0.415. The molecule has 0 unspecified atom stereocenters. The van der Waals surface area contributed by atoms with Gasteiger partial charge in [0.25, 0.3) is 5.91 Å². The molecule has 1 heterocycles. The van der Waals surface area contributed by atoms with Gasteiger partial charge in [0.05, 0.1) is 11.8 Å². The predicted octanol–water partition coefficient (Wildman–Crippen LogP) is 1.11. The molecule has 0 radical (unpaired) electrons. The van der Waals surface area contributed by atoms with Gasteiger partial charge in [0.1, 0.15) is 5.82 Å². The average Bonchev–Trinajstić information content (AvgIpc) is 2.78. The first-order valence-corrected chi connectivity index (χ1v) is 5.87. The fourth-order valence-corrected chi connectivity index (χ4v) is 1.73. The SMILES string of the molecule is Cn1cc(CCNC(=O)c2cc(N)ccc2F)cn1. The zero-order chi connectivity index (χ0) is 13.8. The van der Waals surface area contributed by atoms with Gasteiger partial charge in [-0.1, -0.05) is 0 Å². The molecule has 0 aliphatic rings. The first kappa shape index (κ1) is 13.1. The molecule has 3 N–H and O–H groups in total. The van der Waals surface area contributed by atoms with E-state index in [9.17, 15) is 9.18 Å². The van der Waals surface area contributed by atoms with Crippen LogP contribution in [0.15, 0.2) is 30.6 Å². The standard InChI is InChI=1S/C13H15FN4O/c1-18-8-9(7-17-18)4-5-16-13(19)11-6-10(15)2-3-12(11)14/h2-3,6-8H,4-5,15H2,1H3,(H,16,19). The highest BCUT2D eigenvalue weighted by atomic mass is 19.1. The number of aromatic nitrogens is 2. The molecule has 2 aromatic rings. The number of hydrogen-bond acceptors (Lipinski definition) is 3. The molecule has 0 saturated carbocycles. The lowest BCUT2D eigenvalue weighted by Crippen LogP contribution is -2.26. The van der Waals surface area contributed by atoms with Crippen LogP contribution in [0.2, 0.25) is 0 Å². The fraction of sp³-hybridized carbons (Fsp3) is 0.231. The van der Waals surface area contributed by atoms with E-state index in [1.165, 1.54) is 18.2 Å². The van der Waals surface area contributed by atoms with Crippen molar-refractivity contribution >= 4 is 11.6 Å². The summed E-state index contributed by atoms with van der Waals surface area (Å²) in [4.78, 5) is 11.8. The van der Waals surface area contributed by atoms with Gasteiger partial charge in [-0.3, -0.25) is 9.48 Å². The van der Waals surface area contributed by atoms with Gasteiger partial charge in [0.15, 0.2) is 0 Å². The van der Waals surface area contributed by atoms with Crippen LogP contribution in [-0.2, 0) is 13.5 Å². The van der Waals surface area contributed by atoms with E-state index in [0.717, 1.165) is 5.56 Å². The lowest BCUT2D eigenvalue weighted by atomic mass is 10.1. The maximum atomic E-state index is 13.4. The van der Waals surface area contributed by atoms with Gasteiger partial charge in [0, 0.05) is 25.5 Å². The summed E-state index contributed by atoms with van der Waals surface area (Å²) in [5.41, 5.74) is 6.86. The van der Waals surface area contributed by atoms with Crippen molar-refractivity contribution in [1.82, 2.24) is 15.1 Å². The van der Waals surface area contributed by atoms with Crippen molar-refractivity contribution in [1.29, 1.82) is 0 Å². The highest BCUT2D eigenvalue weighted by Gasteiger charge is 2.11. The van der Waals surface area contributed by atoms with Crippen LogP contribution in [-0.4, -0.2) is 22.2 Å². The summed E-state index contributed by atoms with van der Waals surface area (Å²) in [6, 6.07) is 3.93. The lowest BCUT2D eigenvalue weighted by molar-refractivity contribution is 0.0950. The van der Waals surface area contributed by atoms with Gasteiger partial charge in [0.2, 0.25) is 0 Å². The first-order chi connectivity index (χ1) is 9.06. The Kier molecular flexibility index (Phi) is 3.79. The zero-order valence-electron chi connectivity index (χ0n) is 10.6. The number of benzene rings is 1. The van der Waals surface area contributed by atoms with E-state index >= 15 is 0 Å². The maximum Gasteiger partial charge on any atom is 0.254 e. The number of nitrogen functional groups attached to an aromatic ring is 1. The van der Waals surface area contributed by atoms with Crippen molar-refractivity contribution in [3.05, 3.63) is 47.5 Å². The predicted molar refractivity (Wildman–Crippen MR) is 70.1 cm³/mol. The number of nitrogens with one attached hydrogen (secondary N) is 1. The van der Waals surface area contributed by atoms with Gasteiger partial charge in [-0.2, -0.15) is 5.10 Å². The number of amides is 1. The highest BCUT2D eigenvalue weighted by Crippen LogP contribution is 2.11. The van der Waals surface area contributed by atoms with Crippen molar-refractivity contribution in [3.63, 3.8) is 0 Å². The molecule has 0 aliphatic heterocycles. The van der Waals surface area contributed by atoms with Crippen LogP contribution in [0.3, 0.4) is 0 Å². The molecule has 0 fully saturated rings. The smallest absolute Gasteiger partial charge is 0.254 e. The monoisotopic (exact) mass is 262 g/mol. The van der Waals surface area contributed by atoms with E-state index in [4.69, 9.17) is 5.73 Å². The molecular weight excluding hydrogens is 247 g/mol. The van der Waals surface area contributed by atoms with Gasteiger partial charge in [-0.05, 0) is 30.2 Å². The van der Waals surface area contributed by atoms with Gasteiger partial charge < -0.3 is 11.1 Å². The van der Waals surface area contributed by atoms with E-state index in [0.29, 0.717) is 18.7 Å². The summed E-state index contributed by atoms with van der Waals surface area (Å²) in [7, 11) is 1.82. The molecule has 0 aliphatic carbocycles. The molecule has 0 saturated heterocycles. The van der Waals surface area contributed by atoms with Crippen LogP contribution >= 0.6 is 0 Å². The summed E-state index contributed by atoms with van der Waals surface area (Å²) >= 11 is 0. The first-order valence-electron chi connectivity index (χ1n) is 5.87. The molecule has 2 rings (SSSR count). The van der Waals surface area contributed by atoms with E-state index < -0.39 is 11.7 Å². The third-order valence-electron chi connectivity index (χ3n) is 2.69. The Hall–Kier alpha value is -2.37. The third-order valence-corrected chi connectivity index (χ3v) is 2.69. The molecule has 0 spiro atoms. The number of hydrogen-bond donors (Lipinski definition) is 2. The molecule has 5 nitrogen and oxygen atoms in total. The number of carbonyl (C=O) groups is 1. The molecule has 19 heavy (non-hydrogen) atoms. The van der Waals surface area contributed by atoms with E-state index in [1.807, 2.05) is 13.2 Å². The number of halogens is 1. The molecule has 1 amide bonds. The number of aryl methyl sites for hydroxylation is 1. The molecule has 1 aromatic heterocycles. The molecule has 100 valence electrons. The minimum Gasteiger partial charge on any atom is -0.399 e. The Labute approximate surface area is 110 Å². The second-order valence-corrected chi connectivity index (χ2v) is 4.27. The minimum atomic E-state index is -0.576. The Morgan fingerprint density at radius 2 is 2.32 bits per heavy atom. The van der Waals surface area contributed by atoms with Crippen LogP contribution in [0.5, 0.6) is 0 Å². The molecular formula is C13H15FN4O. The Morgan fingerprint density at radius 3 is 3.00 bits per heavy atom. The van der Waals surface area contributed by atoms with Gasteiger partial charge in [-0.25, -0.2) is 4.39 Å². The quantitative estimate of drug-likeness (QED) is 0.811. The average molecular weight is 262 g/mol. The number of nitrogens with zero attached hydrogens (tertiary/aromatic N) is 2. The minimum absolute atomic E-state index is 0.0359. The number of carbonyl (C=O) groups excluding carboxylic acids is 1. The summed E-state index contributed by atoms with van der Waals surface area (Å²) in [5.74, 6) is -1.04. The van der Waals surface area contributed by atoms with Gasteiger partial charge in [-0.15, -0.1) is 0 Å². The lowest BCUT2D eigenvalue weighted by Gasteiger charge is -2.06. The second kappa shape index (κ2) is 5.51. The van der Waals surface area contributed by atoms with Crippen molar-refractivity contribution in [2.45, 2.75) is 6.42 Å². The number of rotatable bonds is 4. The van der Waals surface area contributed by atoms with E-state index in [1.54, 1.807) is 10.9 Å². The van der Waals surface area contributed by atoms with Crippen molar-refractivity contribution in [2.75, 3.05) is 12.3 Å². The molecule has 0 bridgehead atoms. The number of anilines is 1. The van der Waals surface area contributed by atoms with Crippen LogP contribution < -0.4 is 11.1 Å². The summed E-state index contributed by atoms with van der Waals surface area (Å²) < 4.78 is 15.1. The highest BCUT2D eigenvalue weighted by molar-refractivity contribution is 5.95. The third kappa shape index (κ3) is 3.31. The Bertz CT molecular complexity index is 594. The van der Waals surface area contributed by atoms with Crippen molar-refractivity contribution in [2.24, 2.45) is 7.05 Å². The normalized spacial score (nSPS) is 10.4. The van der Waals surface area contributed by atoms with Crippen LogP contribution in [0.4, 0.5) is 10.1 Å². The zero-order valence-corrected chi connectivity index (χ0v) is 10.6. The van der Waals surface area contributed by atoms with E-state index in [-0.39, 0.29) is 5.56 Å². The Balaban J connectivity index is 1.92. The summed E-state index contributed by atoms with van der Waals surface area (Å²) in [6.07, 6.45) is 4.24. The summed E-state index contributed by atoms with van der Waals surface area (Å²) in [5, 5.41) is 6.68. The fourth-order valence-electron chi connectivity index (χ4n) is 1.73. The molecule has 0 atom stereocenters. The van der Waals surface area contributed by atoms with Crippen molar-refractivity contribution in [3.8, 4) is 0 Å². The van der Waals surface area contributed by atoms with Crippen LogP contribution in [0.25, 0.3) is 0 Å². The van der Waals surface area contributed by atoms with Crippen molar-refractivity contribution < 1.29 is 9.18 Å². The van der Waals surface area contributed by atoms with Gasteiger partial charge >= 0.3 is 0 Å². The second-order valence-electron chi connectivity index (χ2n) is 4.27. The van der Waals surface area contributed by atoms with Crippen LogP contribution in [0, 0.1) is 5.82 Å². The topological polar surface area (TPSA) is 72.9 Å². The van der Waals surface area contributed by atoms with E-state index in [2.05, 4.69) is 10.4 Å².